The van der Waals surface area contributed by atoms with Gasteiger partial charge in [0.15, 0.2) is 0 Å². The number of fused-ring (bicyclic) bond motifs is 3. The lowest BCUT2D eigenvalue weighted by molar-refractivity contribution is 0.102. The van der Waals surface area contributed by atoms with Crippen LogP contribution in [-0.2, 0) is 0 Å². The molecular formula is C19H16N6OS. The highest BCUT2D eigenvalue weighted by Gasteiger charge is 2.37. The van der Waals surface area contributed by atoms with Crippen LogP contribution in [0.3, 0.4) is 0 Å². The number of benzene rings is 1. The molecule has 6 rings (SSSR count). The Bertz CT molecular complexity index is 1080. The standard InChI is InChI=1S/C19H16N6OS/c20-7-12-3-1-2-4-15(12)22-18(26)14-11-27-19-17(14)23-16(8-21-19)25-6-5-24-9-13(25)10-24/h1-4,8,11,13H,5-6,9-10H2,(H,22,26). The van der Waals surface area contributed by atoms with Crippen molar-refractivity contribution < 1.29 is 4.79 Å². The van der Waals surface area contributed by atoms with Crippen LogP contribution in [0.4, 0.5) is 11.5 Å². The average molecular weight is 376 g/mol. The number of thiophene rings is 1. The van der Waals surface area contributed by atoms with Crippen LogP contribution < -0.4 is 10.2 Å². The Kier molecular flexibility index (Phi) is 3.77. The Balaban J connectivity index is 1.47. The molecule has 0 radical (unpaired) electrons. The number of para-hydroxylation sites is 1. The molecule has 1 N–H and O–H groups in total. The van der Waals surface area contributed by atoms with E-state index in [0.717, 1.165) is 36.8 Å². The summed E-state index contributed by atoms with van der Waals surface area (Å²) in [5.74, 6) is 0.556. The number of carbonyl (C=O) groups excluding carboxylic acids is 1. The number of amides is 1. The first-order valence-corrected chi connectivity index (χ1v) is 9.64. The van der Waals surface area contributed by atoms with Crippen molar-refractivity contribution >= 4 is 39.1 Å². The first kappa shape index (κ1) is 16.2. The Morgan fingerprint density at radius 2 is 2.15 bits per heavy atom. The normalized spacial score (nSPS) is 20.8. The lowest BCUT2D eigenvalue weighted by Gasteiger charge is -2.51. The summed E-state index contributed by atoms with van der Waals surface area (Å²) in [6, 6.07) is 9.54. The largest absolute Gasteiger partial charge is 0.348 e. The van der Waals surface area contributed by atoms with Gasteiger partial charge in [0.05, 0.1) is 29.1 Å². The molecule has 0 unspecified atom stereocenters. The van der Waals surface area contributed by atoms with Gasteiger partial charge in [-0.1, -0.05) is 12.1 Å². The zero-order valence-corrected chi connectivity index (χ0v) is 15.2. The zero-order valence-electron chi connectivity index (χ0n) is 14.4. The minimum Gasteiger partial charge on any atom is -0.348 e. The SMILES string of the molecule is N#Cc1ccccc1NC(=O)c1csc2ncc(N3CCN4CC3C4)nc12. The fourth-order valence-corrected chi connectivity index (χ4v) is 4.46. The fourth-order valence-electron chi connectivity index (χ4n) is 3.64. The van der Waals surface area contributed by atoms with Gasteiger partial charge in [0.25, 0.3) is 5.91 Å². The Morgan fingerprint density at radius 3 is 2.93 bits per heavy atom. The minimum atomic E-state index is -0.274. The maximum atomic E-state index is 12.8. The van der Waals surface area contributed by atoms with E-state index in [-0.39, 0.29) is 5.91 Å². The molecule has 2 aromatic heterocycles. The molecule has 7 nitrogen and oxygen atoms in total. The maximum Gasteiger partial charge on any atom is 0.258 e. The van der Waals surface area contributed by atoms with E-state index in [0.29, 0.717) is 28.4 Å². The number of hydrogen-bond acceptors (Lipinski definition) is 7. The summed E-state index contributed by atoms with van der Waals surface area (Å²) in [5.41, 5.74) is 2.04. The molecule has 3 saturated heterocycles. The highest BCUT2D eigenvalue weighted by atomic mass is 32.1. The zero-order chi connectivity index (χ0) is 18.4. The molecule has 134 valence electrons. The summed E-state index contributed by atoms with van der Waals surface area (Å²) in [7, 11) is 0. The minimum absolute atomic E-state index is 0.274. The number of hydrogen-bond donors (Lipinski definition) is 1. The van der Waals surface area contributed by atoms with Crippen LogP contribution in [0.25, 0.3) is 10.3 Å². The molecule has 8 heteroatoms. The van der Waals surface area contributed by atoms with Crippen LogP contribution in [-0.4, -0.2) is 53.0 Å². The van der Waals surface area contributed by atoms with E-state index in [1.54, 1.807) is 35.8 Å². The molecule has 0 aliphatic carbocycles. The lowest BCUT2D eigenvalue weighted by Crippen LogP contribution is -2.66. The Morgan fingerprint density at radius 1 is 1.30 bits per heavy atom. The smallest absolute Gasteiger partial charge is 0.258 e. The van der Waals surface area contributed by atoms with E-state index in [9.17, 15) is 10.1 Å². The molecule has 2 bridgehead atoms. The van der Waals surface area contributed by atoms with Gasteiger partial charge < -0.3 is 10.2 Å². The van der Waals surface area contributed by atoms with Crippen molar-refractivity contribution in [2.75, 3.05) is 36.4 Å². The predicted octanol–water partition coefficient (Wildman–Crippen LogP) is 2.32. The van der Waals surface area contributed by atoms with Crippen LogP contribution in [0, 0.1) is 11.3 Å². The van der Waals surface area contributed by atoms with Crippen molar-refractivity contribution in [1.29, 1.82) is 5.26 Å². The van der Waals surface area contributed by atoms with Crippen LogP contribution in [0.5, 0.6) is 0 Å². The number of nitrogens with zero attached hydrogens (tertiary/aromatic N) is 5. The number of nitriles is 1. The van der Waals surface area contributed by atoms with Crippen LogP contribution in [0.1, 0.15) is 15.9 Å². The Hall–Kier alpha value is -3.02. The second kappa shape index (κ2) is 6.30. The van der Waals surface area contributed by atoms with Gasteiger partial charge in [0, 0.05) is 31.6 Å². The van der Waals surface area contributed by atoms with E-state index in [2.05, 4.69) is 26.2 Å². The van der Waals surface area contributed by atoms with Crippen LogP contribution in [0.2, 0.25) is 0 Å². The average Bonchev–Trinajstić information content (AvgIpc) is 3.11. The quantitative estimate of drug-likeness (QED) is 0.755. The number of rotatable bonds is 3. The Labute approximate surface area is 159 Å². The fraction of sp³-hybridized carbons (Fsp3) is 0.263. The highest BCUT2D eigenvalue weighted by molar-refractivity contribution is 7.17. The third kappa shape index (κ3) is 2.72. The molecule has 3 aliphatic rings. The summed E-state index contributed by atoms with van der Waals surface area (Å²) in [6.45, 7) is 4.12. The molecule has 3 aliphatic heterocycles. The van der Waals surface area contributed by atoms with Gasteiger partial charge in [-0.15, -0.1) is 11.3 Å². The van der Waals surface area contributed by atoms with Crippen molar-refractivity contribution in [3.63, 3.8) is 0 Å². The van der Waals surface area contributed by atoms with Gasteiger partial charge >= 0.3 is 0 Å². The summed E-state index contributed by atoms with van der Waals surface area (Å²) in [6.07, 6.45) is 1.81. The van der Waals surface area contributed by atoms with E-state index >= 15 is 0 Å². The van der Waals surface area contributed by atoms with Crippen molar-refractivity contribution in [1.82, 2.24) is 14.9 Å². The van der Waals surface area contributed by atoms with Gasteiger partial charge in [-0.2, -0.15) is 5.26 Å². The number of aromatic nitrogens is 2. The third-order valence-electron chi connectivity index (χ3n) is 5.14. The van der Waals surface area contributed by atoms with Crippen LogP contribution >= 0.6 is 11.3 Å². The summed E-state index contributed by atoms with van der Waals surface area (Å²) < 4.78 is 0. The van der Waals surface area contributed by atoms with Gasteiger partial charge in [-0.25, -0.2) is 9.97 Å². The molecule has 1 aromatic carbocycles. The summed E-state index contributed by atoms with van der Waals surface area (Å²) in [5, 5.41) is 13.8. The monoisotopic (exact) mass is 376 g/mol. The lowest BCUT2D eigenvalue weighted by atomic mass is 10.0. The molecule has 1 amide bonds. The molecule has 5 heterocycles. The topological polar surface area (TPSA) is 85.1 Å². The predicted molar refractivity (Wildman–Crippen MR) is 104 cm³/mol. The van der Waals surface area contributed by atoms with Crippen molar-refractivity contribution in [2.24, 2.45) is 0 Å². The molecule has 3 fully saturated rings. The molecular weight excluding hydrogens is 360 g/mol. The van der Waals surface area contributed by atoms with Crippen molar-refractivity contribution in [3.05, 3.63) is 47.0 Å². The van der Waals surface area contributed by atoms with Crippen molar-refractivity contribution in [2.45, 2.75) is 6.04 Å². The summed E-state index contributed by atoms with van der Waals surface area (Å²) in [4.78, 5) is 27.6. The molecule has 27 heavy (non-hydrogen) atoms. The van der Waals surface area contributed by atoms with E-state index < -0.39 is 0 Å². The van der Waals surface area contributed by atoms with Gasteiger partial charge in [-0.05, 0) is 12.1 Å². The first-order chi connectivity index (χ1) is 13.2. The third-order valence-corrected chi connectivity index (χ3v) is 6.02. The van der Waals surface area contributed by atoms with E-state index in [1.807, 2.05) is 0 Å². The molecule has 0 atom stereocenters. The molecule has 0 spiro atoms. The number of carbonyl (C=O) groups is 1. The van der Waals surface area contributed by atoms with Gasteiger partial charge in [0.2, 0.25) is 0 Å². The summed E-state index contributed by atoms with van der Waals surface area (Å²) >= 11 is 1.40. The first-order valence-electron chi connectivity index (χ1n) is 8.76. The van der Waals surface area contributed by atoms with Gasteiger partial charge in [-0.3, -0.25) is 9.69 Å². The van der Waals surface area contributed by atoms with Crippen molar-refractivity contribution in [3.8, 4) is 6.07 Å². The second-order valence-corrected chi connectivity index (χ2v) is 7.61. The highest BCUT2D eigenvalue weighted by Crippen LogP contribution is 2.29. The maximum absolute atomic E-state index is 12.8. The van der Waals surface area contributed by atoms with E-state index in [1.165, 1.54) is 11.3 Å². The number of nitrogens with one attached hydrogen (secondary N) is 1. The number of piperazine rings is 2. The van der Waals surface area contributed by atoms with Gasteiger partial charge in [0.1, 0.15) is 22.2 Å². The molecule has 0 saturated carbocycles. The number of anilines is 2. The molecule has 3 aromatic rings. The second-order valence-electron chi connectivity index (χ2n) is 6.75. The van der Waals surface area contributed by atoms with Crippen LogP contribution in [0.15, 0.2) is 35.8 Å². The van der Waals surface area contributed by atoms with E-state index in [4.69, 9.17) is 4.98 Å².